The molecule has 0 aromatic heterocycles. The minimum atomic E-state index is -0.565. The number of allylic oxidation sites excluding steroid dienone is 2. The van der Waals surface area contributed by atoms with Crippen molar-refractivity contribution in [2.45, 2.75) is 51.1 Å². The predicted octanol–water partition coefficient (Wildman–Crippen LogP) is 4.56. The van der Waals surface area contributed by atoms with Gasteiger partial charge in [-0.1, -0.05) is 72.8 Å². The van der Waals surface area contributed by atoms with Crippen molar-refractivity contribution in [2.24, 2.45) is 11.8 Å². The Morgan fingerprint density at radius 3 is 2.23 bits per heavy atom. The SMILES string of the molecule is C=CC[C@H](Cc1ccccc1)C(=O)OC[C@@H]1CCCN1C(=O)[C@H](CC=C)CC(=O)N(CCO)Cc1ccccc1. The van der Waals surface area contributed by atoms with E-state index in [1.165, 1.54) is 0 Å². The zero-order valence-corrected chi connectivity index (χ0v) is 23.3. The van der Waals surface area contributed by atoms with E-state index in [1.807, 2.05) is 60.7 Å². The van der Waals surface area contributed by atoms with E-state index in [0.29, 0.717) is 32.4 Å². The Hall–Kier alpha value is -3.71. The first kappa shape index (κ1) is 30.8. The maximum Gasteiger partial charge on any atom is 0.309 e. The third-order valence-corrected chi connectivity index (χ3v) is 7.35. The number of amides is 2. The van der Waals surface area contributed by atoms with E-state index in [2.05, 4.69) is 13.2 Å². The van der Waals surface area contributed by atoms with Gasteiger partial charge in [0.2, 0.25) is 11.8 Å². The van der Waals surface area contributed by atoms with Gasteiger partial charge in [-0.25, -0.2) is 0 Å². The zero-order valence-electron chi connectivity index (χ0n) is 23.3. The van der Waals surface area contributed by atoms with E-state index in [9.17, 15) is 19.5 Å². The first-order valence-corrected chi connectivity index (χ1v) is 14.1. The Morgan fingerprint density at radius 1 is 0.975 bits per heavy atom. The fraction of sp³-hybridized carbons (Fsp3) is 0.424. The molecule has 1 aliphatic rings. The first-order chi connectivity index (χ1) is 19.5. The lowest BCUT2D eigenvalue weighted by atomic mass is 9.96. The monoisotopic (exact) mass is 546 g/mol. The average Bonchev–Trinajstić information content (AvgIpc) is 3.44. The Kier molecular flexibility index (Phi) is 12.6. The molecule has 40 heavy (non-hydrogen) atoms. The third-order valence-electron chi connectivity index (χ3n) is 7.35. The number of carbonyl (C=O) groups excluding carboxylic acids is 3. The van der Waals surface area contributed by atoms with Gasteiger partial charge < -0.3 is 19.6 Å². The topological polar surface area (TPSA) is 87.2 Å². The molecule has 0 spiro atoms. The summed E-state index contributed by atoms with van der Waals surface area (Å²) in [7, 11) is 0. The number of nitrogens with zero attached hydrogens (tertiary/aromatic N) is 2. The molecule has 0 saturated carbocycles. The standard InChI is InChI=1S/C33H42N2O5/c1-3-12-28(23-31(37)34(20-21-36)24-27-16-9-6-10-17-27)32(38)35-19-11-18-30(35)25-40-33(39)29(13-4-2)22-26-14-7-5-8-15-26/h3-10,14-17,28-30,36H,1-2,11-13,18-25H2/t28-,29-,30+/m1/s1. The molecule has 2 aromatic carbocycles. The van der Waals surface area contributed by atoms with Gasteiger partial charge in [-0.2, -0.15) is 0 Å². The molecule has 1 N–H and O–H groups in total. The number of likely N-dealkylation sites (tertiary alicyclic amines) is 1. The molecule has 3 atom stereocenters. The average molecular weight is 547 g/mol. The van der Waals surface area contributed by atoms with Gasteiger partial charge in [0, 0.05) is 26.1 Å². The minimum Gasteiger partial charge on any atom is -0.463 e. The van der Waals surface area contributed by atoms with Crippen molar-refractivity contribution in [3.63, 3.8) is 0 Å². The first-order valence-electron chi connectivity index (χ1n) is 14.1. The summed E-state index contributed by atoms with van der Waals surface area (Å²) < 4.78 is 5.75. The van der Waals surface area contributed by atoms with E-state index in [4.69, 9.17) is 4.74 Å². The van der Waals surface area contributed by atoms with Crippen molar-refractivity contribution < 1.29 is 24.2 Å². The van der Waals surface area contributed by atoms with Crippen LogP contribution in [0.5, 0.6) is 0 Å². The van der Waals surface area contributed by atoms with E-state index >= 15 is 0 Å². The summed E-state index contributed by atoms with van der Waals surface area (Å²) in [5.41, 5.74) is 2.02. The molecule has 7 heteroatoms. The smallest absolute Gasteiger partial charge is 0.309 e. The molecule has 0 unspecified atom stereocenters. The highest BCUT2D eigenvalue weighted by molar-refractivity contribution is 5.86. The van der Waals surface area contributed by atoms with Crippen molar-refractivity contribution in [1.82, 2.24) is 9.80 Å². The summed E-state index contributed by atoms with van der Waals surface area (Å²) in [4.78, 5) is 43.2. The molecular formula is C33H42N2O5. The summed E-state index contributed by atoms with van der Waals surface area (Å²) in [5.74, 6) is -1.50. The van der Waals surface area contributed by atoms with Crippen molar-refractivity contribution in [3.8, 4) is 0 Å². The van der Waals surface area contributed by atoms with Crippen molar-refractivity contribution >= 4 is 17.8 Å². The molecule has 1 heterocycles. The van der Waals surface area contributed by atoms with Crippen LogP contribution in [-0.4, -0.2) is 65.0 Å². The number of rotatable bonds is 16. The van der Waals surface area contributed by atoms with Gasteiger partial charge in [-0.05, 0) is 43.2 Å². The largest absolute Gasteiger partial charge is 0.463 e. The number of aliphatic hydroxyl groups excluding tert-OH is 1. The molecular weight excluding hydrogens is 504 g/mol. The maximum atomic E-state index is 13.6. The van der Waals surface area contributed by atoms with E-state index < -0.39 is 5.92 Å². The van der Waals surface area contributed by atoms with Crippen LogP contribution in [0.3, 0.4) is 0 Å². The van der Waals surface area contributed by atoms with Crippen molar-refractivity contribution in [3.05, 3.63) is 97.1 Å². The van der Waals surface area contributed by atoms with Gasteiger partial charge in [0.1, 0.15) is 6.61 Å². The van der Waals surface area contributed by atoms with Crippen molar-refractivity contribution in [1.29, 1.82) is 0 Å². The van der Waals surface area contributed by atoms with Crippen LogP contribution in [0.15, 0.2) is 86.0 Å². The van der Waals surface area contributed by atoms with E-state index in [1.54, 1.807) is 22.0 Å². The van der Waals surface area contributed by atoms with E-state index in [-0.39, 0.29) is 55.9 Å². The Bertz CT molecular complexity index is 1100. The number of ether oxygens (including phenoxy) is 1. The molecule has 1 fully saturated rings. The maximum absolute atomic E-state index is 13.6. The van der Waals surface area contributed by atoms with Crippen LogP contribution < -0.4 is 0 Å². The molecule has 1 saturated heterocycles. The molecule has 2 amide bonds. The second-order valence-electron chi connectivity index (χ2n) is 10.3. The molecule has 0 radical (unpaired) electrons. The van der Waals surface area contributed by atoms with Crippen LogP contribution in [0.25, 0.3) is 0 Å². The summed E-state index contributed by atoms with van der Waals surface area (Å²) in [6, 6.07) is 19.2. The number of carbonyl (C=O) groups is 3. The van der Waals surface area contributed by atoms with E-state index in [0.717, 1.165) is 24.0 Å². The summed E-state index contributed by atoms with van der Waals surface area (Å²) in [6.07, 6.45) is 6.42. The van der Waals surface area contributed by atoms with Crippen LogP contribution in [0.2, 0.25) is 0 Å². The highest BCUT2D eigenvalue weighted by Crippen LogP contribution is 2.25. The van der Waals surface area contributed by atoms with Gasteiger partial charge in [-0.3, -0.25) is 14.4 Å². The zero-order chi connectivity index (χ0) is 28.7. The molecule has 2 aromatic rings. The van der Waals surface area contributed by atoms with Crippen LogP contribution in [0.4, 0.5) is 0 Å². The Morgan fingerprint density at radius 2 is 1.60 bits per heavy atom. The highest BCUT2D eigenvalue weighted by atomic mass is 16.5. The van der Waals surface area contributed by atoms with Gasteiger partial charge in [0.15, 0.2) is 0 Å². The fourth-order valence-corrected chi connectivity index (χ4v) is 5.22. The predicted molar refractivity (Wildman–Crippen MR) is 156 cm³/mol. The normalized spacial score (nSPS) is 16.1. The summed E-state index contributed by atoms with van der Waals surface area (Å²) in [6.45, 7) is 8.69. The summed E-state index contributed by atoms with van der Waals surface area (Å²) >= 11 is 0. The number of benzene rings is 2. The Labute approximate surface area is 238 Å². The minimum absolute atomic E-state index is 0.0270. The highest BCUT2D eigenvalue weighted by Gasteiger charge is 2.35. The second kappa shape index (κ2) is 16.4. The molecule has 7 nitrogen and oxygen atoms in total. The number of hydrogen-bond donors (Lipinski definition) is 1. The summed E-state index contributed by atoms with van der Waals surface area (Å²) in [5, 5.41) is 9.54. The molecule has 0 bridgehead atoms. The second-order valence-corrected chi connectivity index (χ2v) is 10.3. The van der Waals surface area contributed by atoms with Gasteiger partial charge >= 0.3 is 5.97 Å². The third kappa shape index (κ3) is 9.19. The van der Waals surface area contributed by atoms with Crippen LogP contribution >= 0.6 is 0 Å². The number of esters is 1. The quantitative estimate of drug-likeness (QED) is 0.246. The lowest BCUT2D eigenvalue weighted by Crippen LogP contribution is -2.44. The molecule has 0 aliphatic carbocycles. The lowest BCUT2D eigenvalue weighted by Gasteiger charge is -2.30. The lowest BCUT2D eigenvalue weighted by molar-refractivity contribution is -0.152. The van der Waals surface area contributed by atoms with Crippen LogP contribution in [0.1, 0.15) is 43.2 Å². The van der Waals surface area contributed by atoms with Gasteiger partial charge in [0.25, 0.3) is 0 Å². The molecule has 1 aliphatic heterocycles. The van der Waals surface area contributed by atoms with Gasteiger partial charge in [-0.15, -0.1) is 13.2 Å². The molecule has 214 valence electrons. The van der Waals surface area contributed by atoms with Gasteiger partial charge in [0.05, 0.1) is 24.5 Å². The fourth-order valence-electron chi connectivity index (χ4n) is 5.22. The van der Waals surface area contributed by atoms with Crippen LogP contribution in [0, 0.1) is 11.8 Å². The molecule has 3 rings (SSSR count). The van der Waals surface area contributed by atoms with Crippen LogP contribution in [-0.2, 0) is 32.1 Å². The number of hydrogen-bond acceptors (Lipinski definition) is 5. The number of aliphatic hydroxyl groups is 1. The Balaban J connectivity index is 1.61. The van der Waals surface area contributed by atoms with Crippen molar-refractivity contribution in [2.75, 3.05) is 26.3 Å².